The van der Waals surface area contributed by atoms with Crippen molar-refractivity contribution < 1.29 is 14.5 Å². The number of aromatic nitrogens is 1. The zero-order valence-corrected chi connectivity index (χ0v) is 15.1. The van der Waals surface area contributed by atoms with E-state index in [4.69, 9.17) is 4.74 Å². The third kappa shape index (κ3) is 4.16. The molecule has 1 N–H and O–H groups in total. The summed E-state index contributed by atoms with van der Waals surface area (Å²) in [5.41, 5.74) is 0.136. The Bertz CT molecular complexity index is 814. The van der Waals surface area contributed by atoms with E-state index in [2.05, 4.69) is 15.2 Å². The lowest BCUT2D eigenvalue weighted by Crippen LogP contribution is -2.40. The summed E-state index contributed by atoms with van der Waals surface area (Å²) in [7, 11) is 0. The first kappa shape index (κ1) is 17.4. The molecule has 134 valence electrons. The van der Waals surface area contributed by atoms with Crippen molar-refractivity contribution in [3.63, 3.8) is 0 Å². The topological polar surface area (TPSA) is 97.6 Å². The molecule has 1 amide bonds. The average molecular weight is 364 g/mol. The van der Waals surface area contributed by atoms with Crippen LogP contribution in [0.5, 0.6) is 0 Å². The number of nitrogens with one attached hydrogen (secondary N) is 1. The number of alkyl carbamates (subject to hydrolysis) is 1. The van der Waals surface area contributed by atoms with Crippen LogP contribution in [0.3, 0.4) is 0 Å². The third-order valence-electron chi connectivity index (χ3n) is 3.75. The standard InChI is InChI=1S/C16H20N4O4S/c1-16(2,3)24-15(21)17-10-6-7-19(9-10)14-18-12-8-11(20(22)23)4-5-13(12)25-14/h4-5,8,10H,6-7,9H2,1-3H3,(H,17,21)/t10-/m1/s1. The molecular weight excluding hydrogens is 344 g/mol. The van der Waals surface area contributed by atoms with Gasteiger partial charge in [0.05, 0.1) is 21.2 Å². The monoisotopic (exact) mass is 364 g/mol. The number of benzene rings is 1. The third-order valence-corrected chi connectivity index (χ3v) is 4.85. The van der Waals surface area contributed by atoms with Crippen LogP contribution in [0.2, 0.25) is 0 Å². The predicted octanol–water partition coefficient (Wildman–Crippen LogP) is 3.31. The molecule has 1 saturated heterocycles. The number of rotatable bonds is 3. The highest BCUT2D eigenvalue weighted by atomic mass is 32.1. The van der Waals surface area contributed by atoms with Crippen LogP contribution in [-0.2, 0) is 4.74 Å². The summed E-state index contributed by atoms with van der Waals surface area (Å²) in [6.45, 7) is 6.89. The average Bonchev–Trinajstić information content (AvgIpc) is 3.10. The molecule has 25 heavy (non-hydrogen) atoms. The van der Waals surface area contributed by atoms with Gasteiger partial charge in [0, 0.05) is 25.2 Å². The molecule has 0 spiro atoms. The number of carbonyl (C=O) groups is 1. The molecule has 2 aromatic rings. The fourth-order valence-corrected chi connectivity index (χ4v) is 3.66. The second-order valence-electron chi connectivity index (χ2n) is 6.98. The summed E-state index contributed by atoms with van der Waals surface area (Å²) in [5, 5.41) is 14.6. The van der Waals surface area contributed by atoms with Gasteiger partial charge in [-0.1, -0.05) is 11.3 Å². The van der Waals surface area contributed by atoms with Crippen molar-refractivity contribution in [2.75, 3.05) is 18.0 Å². The van der Waals surface area contributed by atoms with Crippen LogP contribution < -0.4 is 10.2 Å². The second-order valence-corrected chi connectivity index (χ2v) is 7.99. The van der Waals surface area contributed by atoms with E-state index < -0.39 is 16.6 Å². The minimum Gasteiger partial charge on any atom is -0.444 e. The lowest BCUT2D eigenvalue weighted by Gasteiger charge is -2.21. The first-order valence-corrected chi connectivity index (χ1v) is 8.82. The van der Waals surface area contributed by atoms with E-state index in [1.165, 1.54) is 23.5 Å². The molecule has 0 saturated carbocycles. The Morgan fingerprint density at radius 1 is 1.48 bits per heavy atom. The second kappa shape index (κ2) is 6.47. The highest BCUT2D eigenvalue weighted by Gasteiger charge is 2.28. The van der Waals surface area contributed by atoms with Crippen LogP contribution in [0.1, 0.15) is 27.2 Å². The smallest absolute Gasteiger partial charge is 0.407 e. The Kier molecular flexibility index (Phi) is 4.51. The highest BCUT2D eigenvalue weighted by Crippen LogP contribution is 2.32. The zero-order chi connectivity index (χ0) is 18.2. The molecule has 0 bridgehead atoms. The van der Waals surface area contributed by atoms with Gasteiger partial charge in [-0.3, -0.25) is 10.1 Å². The van der Waals surface area contributed by atoms with E-state index in [-0.39, 0.29) is 11.7 Å². The maximum absolute atomic E-state index is 11.9. The first-order chi connectivity index (χ1) is 11.7. The van der Waals surface area contributed by atoms with Gasteiger partial charge >= 0.3 is 6.09 Å². The molecule has 1 aromatic heterocycles. The van der Waals surface area contributed by atoms with E-state index in [1.807, 2.05) is 20.8 Å². The number of hydrogen-bond donors (Lipinski definition) is 1. The van der Waals surface area contributed by atoms with Crippen LogP contribution in [0.15, 0.2) is 18.2 Å². The molecule has 1 aliphatic heterocycles. The Morgan fingerprint density at radius 2 is 2.24 bits per heavy atom. The number of amides is 1. The molecule has 1 aliphatic rings. The summed E-state index contributed by atoms with van der Waals surface area (Å²) in [5.74, 6) is 0. The minimum atomic E-state index is -0.524. The normalized spacial score (nSPS) is 17.7. The number of fused-ring (bicyclic) bond motifs is 1. The molecule has 3 rings (SSSR count). The molecule has 0 unspecified atom stereocenters. The number of hydrogen-bond acceptors (Lipinski definition) is 7. The van der Waals surface area contributed by atoms with Crippen LogP contribution in [0.25, 0.3) is 10.2 Å². The summed E-state index contributed by atoms with van der Waals surface area (Å²) in [6.07, 6.45) is 0.384. The number of non-ortho nitro benzene ring substituents is 1. The van der Waals surface area contributed by atoms with Gasteiger partial charge in [0.1, 0.15) is 5.60 Å². The molecule has 0 radical (unpaired) electrons. The van der Waals surface area contributed by atoms with Crippen LogP contribution >= 0.6 is 11.3 Å². The highest BCUT2D eigenvalue weighted by molar-refractivity contribution is 7.22. The van der Waals surface area contributed by atoms with Gasteiger partial charge in [-0.15, -0.1) is 0 Å². The van der Waals surface area contributed by atoms with Gasteiger partial charge < -0.3 is 15.0 Å². The summed E-state index contributed by atoms with van der Waals surface area (Å²) < 4.78 is 6.19. The number of nitro benzene ring substituents is 1. The quantitative estimate of drug-likeness (QED) is 0.663. The van der Waals surface area contributed by atoms with Crippen molar-refractivity contribution in [3.8, 4) is 0 Å². The SMILES string of the molecule is CC(C)(C)OC(=O)N[C@@H]1CCN(c2nc3cc([N+](=O)[O-])ccc3s2)C1. The number of anilines is 1. The van der Waals surface area contributed by atoms with Gasteiger partial charge in [-0.05, 0) is 33.3 Å². The Morgan fingerprint density at radius 3 is 2.92 bits per heavy atom. The molecule has 1 aromatic carbocycles. The minimum absolute atomic E-state index is 0.00352. The first-order valence-electron chi connectivity index (χ1n) is 8.01. The largest absolute Gasteiger partial charge is 0.444 e. The molecule has 0 aliphatic carbocycles. The van der Waals surface area contributed by atoms with E-state index in [1.54, 1.807) is 6.07 Å². The Labute approximate surface area is 148 Å². The maximum atomic E-state index is 11.9. The number of nitrogens with zero attached hydrogens (tertiary/aromatic N) is 3. The number of carbonyl (C=O) groups excluding carboxylic acids is 1. The van der Waals surface area contributed by atoms with Crippen LogP contribution in [0, 0.1) is 10.1 Å². The van der Waals surface area contributed by atoms with Crippen molar-refractivity contribution in [2.45, 2.75) is 38.8 Å². The number of nitro groups is 1. The van der Waals surface area contributed by atoms with Crippen molar-refractivity contribution in [1.29, 1.82) is 0 Å². The van der Waals surface area contributed by atoms with Crippen molar-refractivity contribution >= 4 is 38.5 Å². The summed E-state index contributed by atoms with van der Waals surface area (Å²) in [4.78, 5) is 28.9. The maximum Gasteiger partial charge on any atom is 0.407 e. The van der Waals surface area contributed by atoms with Gasteiger partial charge in [-0.25, -0.2) is 9.78 Å². The lowest BCUT2D eigenvalue weighted by molar-refractivity contribution is -0.384. The van der Waals surface area contributed by atoms with E-state index in [9.17, 15) is 14.9 Å². The van der Waals surface area contributed by atoms with Gasteiger partial charge in [0.15, 0.2) is 5.13 Å². The predicted molar refractivity (Wildman–Crippen MR) is 96.3 cm³/mol. The number of thiazole rings is 1. The van der Waals surface area contributed by atoms with Gasteiger partial charge in [0.2, 0.25) is 0 Å². The van der Waals surface area contributed by atoms with Gasteiger partial charge in [-0.2, -0.15) is 0 Å². The molecule has 1 fully saturated rings. The van der Waals surface area contributed by atoms with Gasteiger partial charge in [0.25, 0.3) is 5.69 Å². The van der Waals surface area contributed by atoms with Crippen molar-refractivity contribution in [3.05, 3.63) is 28.3 Å². The molecular formula is C16H20N4O4S. The molecule has 2 heterocycles. The summed E-state index contributed by atoms with van der Waals surface area (Å²) in [6, 6.07) is 4.69. The fourth-order valence-electron chi connectivity index (χ4n) is 2.68. The molecule has 8 nitrogen and oxygen atoms in total. The van der Waals surface area contributed by atoms with Crippen molar-refractivity contribution in [2.24, 2.45) is 0 Å². The van der Waals surface area contributed by atoms with E-state index in [0.717, 1.165) is 22.8 Å². The number of ether oxygens (including phenoxy) is 1. The molecule has 9 heteroatoms. The summed E-state index contributed by atoms with van der Waals surface area (Å²) >= 11 is 1.49. The van der Waals surface area contributed by atoms with E-state index >= 15 is 0 Å². The van der Waals surface area contributed by atoms with Crippen LogP contribution in [-0.4, -0.2) is 40.7 Å². The Hall–Kier alpha value is -2.42. The van der Waals surface area contributed by atoms with E-state index in [0.29, 0.717) is 12.1 Å². The van der Waals surface area contributed by atoms with Crippen LogP contribution in [0.4, 0.5) is 15.6 Å². The lowest BCUT2D eigenvalue weighted by atomic mass is 10.2. The fraction of sp³-hybridized carbons (Fsp3) is 0.500. The molecule has 1 atom stereocenters. The van der Waals surface area contributed by atoms with Crippen molar-refractivity contribution in [1.82, 2.24) is 10.3 Å². The zero-order valence-electron chi connectivity index (χ0n) is 14.3. The Balaban J connectivity index is 1.66.